The highest BCUT2D eigenvalue weighted by Crippen LogP contribution is 2.22. The molecule has 0 aromatic heterocycles. The van der Waals surface area contributed by atoms with Gasteiger partial charge in [0.25, 0.3) is 0 Å². The van der Waals surface area contributed by atoms with Gasteiger partial charge in [-0.2, -0.15) is 0 Å². The van der Waals surface area contributed by atoms with Gasteiger partial charge in [0.2, 0.25) is 5.91 Å². The maximum atomic E-state index is 12.3. The average Bonchev–Trinajstić information content (AvgIpc) is 2.54. The molecule has 1 fully saturated rings. The predicted octanol–water partition coefficient (Wildman–Crippen LogP) is 3.11. The first-order valence-corrected chi connectivity index (χ1v) is 8.18. The number of aliphatic carboxylic acids is 1. The molecule has 1 atom stereocenters. The van der Waals surface area contributed by atoms with Crippen LogP contribution in [0.2, 0.25) is 0 Å². The Balaban J connectivity index is 1.71. The predicted molar refractivity (Wildman–Crippen MR) is 85.6 cm³/mol. The summed E-state index contributed by atoms with van der Waals surface area (Å²) in [5, 5.41) is 8.76. The van der Waals surface area contributed by atoms with Crippen LogP contribution in [-0.4, -0.2) is 35.0 Å². The minimum absolute atomic E-state index is 0.209. The number of hydrogen-bond acceptors (Lipinski definition) is 2. The zero-order valence-corrected chi connectivity index (χ0v) is 13.0. The number of carbonyl (C=O) groups is 2. The van der Waals surface area contributed by atoms with Gasteiger partial charge in [-0.1, -0.05) is 30.3 Å². The van der Waals surface area contributed by atoms with Crippen molar-refractivity contribution in [1.29, 1.82) is 0 Å². The fraction of sp³-hybridized carbons (Fsp3) is 0.556. The van der Waals surface area contributed by atoms with E-state index < -0.39 is 5.97 Å². The molecule has 2 rings (SSSR count). The molecule has 1 aromatic carbocycles. The van der Waals surface area contributed by atoms with Gasteiger partial charge < -0.3 is 10.0 Å². The molecule has 0 bridgehead atoms. The number of amides is 1. The number of hydrogen-bond donors (Lipinski definition) is 1. The van der Waals surface area contributed by atoms with Crippen molar-refractivity contribution in [3.8, 4) is 0 Å². The van der Waals surface area contributed by atoms with Gasteiger partial charge in [0.1, 0.15) is 0 Å². The molecule has 1 aromatic rings. The van der Waals surface area contributed by atoms with Crippen LogP contribution in [0.1, 0.15) is 44.1 Å². The van der Waals surface area contributed by atoms with Gasteiger partial charge in [-0.15, -0.1) is 0 Å². The Hall–Kier alpha value is -1.84. The molecule has 1 saturated heterocycles. The van der Waals surface area contributed by atoms with Crippen molar-refractivity contribution in [3.05, 3.63) is 35.9 Å². The molecule has 1 aliphatic heterocycles. The lowest BCUT2D eigenvalue weighted by molar-refractivity contribution is -0.137. The molecule has 0 saturated carbocycles. The number of likely N-dealkylation sites (tertiary alicyclic amines) is 1. The number of rotatable bonds is 7. The van der Waals surface area contributed by atoms with Crippen LogP contribution < -0.4 is 0 Å². The van der Waals surface area contributed by atoms with Crippen molar-refractivity contribution in [2.75, 3.05) is 13.1 Å². The van der Waals surface area contributed by atoms with E-state index in [1.807, 2.05) is 23.1 Å². The molecule has 1 heterocycles. The van der Waals surface area contributed by atoms with E-state index in [1.54, 1.807) is 0 Å². The summed E-state index contributed by atoms with van der Waals surface area (Å²) in [6.07, 6.45) is 5.32. The summed E-state index contributed by atoms with van der Waals surface area (Å²) < 4.78 is 0. The molecule has 1 aliphatic rings. The quantitative estimate of drug-likeness (QED) is 0.842. The van der Waals surface area contributed by atoms with Crippen molar-refractivity contribution < 1.29 is 14.7 Å². The number of carboxylic acids is 1. The van der Waals surface area contributed by atoms with Gasteiger partial charge in [-0.05, 0) is 43.6 Å². The van der Waals surface area contributed by atoms with E-state index in [2.05, 4.69) is 12.1 Å². The second-order valence-corrected chi connectivity index (χ2v) is 6.12. The number of aryl methyl sites for hydroxylation is 1. The first-order chi connectivity index (χ1) is 10.6. The van der Waals surface area contributed by atoms with Crippen molar-refractivity contribution >= 4 is 11.9 Å². The van der Waals surface area contributed by atoms with E-state index in [0.29, 0.717) is 18.8 Å². The number of carbonyl (C=O) groups excluding carboxylic acids is 1. The molecule has 0 radical (unpaired) electrons. The first kappa shape index (κ1) is 16.5. The minimum Gasteiger partial charge on any atom is -0.481 e. The monoisotopic (exact) mass is 303 g/mol. The van der Waals surface area contributed by atoms with Crippen LogP contribution in [0, 0.1) is 5.92 Å². The zero-order valence-electron chi connectivity index (χ0n) is 13.0. The molecule has 0 spiro atoms. The highest BCUT2D eigenvalue weighted by molar-refractivity contribution is 5.76. The Kier molecular flexibility index (Phi) is 6.44. The minimum atomic E-state index is -0.744. The standard InChI is InChI=1S/C18H25NO3/c20-17(10-4-8-15-6-2-1-3-7-15)19-13-5-9-16(14-19)11-12-18(21)22/h1-3,6-7,16H,4-5,8-14H2,(H,21,22)/t16-/m0/s1. The number of carboxylic acid groups (broad SMARTS) is 1. The average molecular weight is 303 g/mol. The molecule has 0 aliphatic carbocycles. The molecule has 1 N–H and O–H groups in total. The van der Waals surface area contributed by atoms with Gasteiger partial charge in [-0.25, -0.2) is 0 Å². The molecule has 1 amide bonds. The van der Waals surface area contributed by atoms with E-state index >= 15 is 0 Å². The maximum absolute atomic E-state index is 12.3. The summed E-state index contributed by atoms with van der Waals surface area (Å²) in [6.45, 7) is 1.56. The van der Waals surface area contributed by atoms with E-state index in [4.69, 9.17) is 5.11 Å². The Labute approximate surface area is 132 Å². The fourth-order valence-electron chi connectivity index (χ4n) is 3.10. The molecule has 120 valence electrons. The Bertz CT molecular complexity index is 486. The highest BCUT2D eigenvalue weighted by atomic mass is 16.4. The van der Waals surface area contributed by atoms with Crippen molar-refractivity contribution in [2.24, 2.45) is 5.92 Å². The van der Waals surface area contributed by atoms with Gasteiger partial charge in [-0.3, -0.25) is 9.59 Å². The third-order valence-electron chi connectivity index (χ3n) is 4.34. The van der Waals surface area contributed by atoms with E-state index in [0.717, 1.165) is 38.8 Å². The van der Waals surface area contributed by atoms with Crippen LogP contribution in [0.4, 0.5) is 0 Å². The SMILES string of the molecule is O=C(O)CC[C@@H]1CCCN(C(=O)CCCc2ccccc2)C1. The van der Waals surface area contributed by atoms with Crippen LogP contribution in [0.25, 0.3) is 0 Å². The maximum Gasteiger partial charge on any atom is 0.303 e. The summed E-state index contributed by atoms with van der Waals surface area (Å²) in [6, 6.07) is 10.2. The van der Waals surface area contributed by atoms with Crippen LogP contribution in [0.15, 0.2) is 30.3 Å². The van der Waals surface area contributed by atoms with Crippen molar-refractivity contribution in [3.63, 3.8) is 0 Å². The van der Waals surface area contributed by atoms with Crippen molar-refractivity contribution in [1.82, 2.24) is 4.90 Å². The molecule has 4 nitrogen and oxygen atoms in total. The first-order valence-electron chi connectivity index (χ1n) is 8.18. The topological polar surface area (TPSA) is 57.6 Å². The van der Waals surface area contributed by atoms with Crippen LogP contribution >= 0.6 is 0 Å². The fourth-order valence-corrected chi connectivity index (χ4v) is 3.10. The molecular formula is C18H25NO3. The largest absolute Gasteiger partial charge is 0.481 e. The number of benzene rings is 1. The summed E-state index contributed by atoms with van der Waals surface area (Å²) in [5.41, 5.74) is 1.27. The Morgan fingerprint density at radius 3 is 2.68 bits per heavy atom. The van der Waals surface area contributed by atoms with E-state index in [9.17, 15) is 9.59 Å². The van der Waals surface area contributed by atoms with Gasteiger partial charge >= 0.3 is 5.97 Å². The molecule has 22 heavy (non-hydrogen) atoms. The second-order valence-electron chi connectivity index (χ2n) is 6.12. The van der Waals surface area contributed by atoms with E-state index in [1.165, 1.54) is 5.56 Å². The van der Waals surface area contributed by atoms with Crippen molar-refractivity contribution in [2.45, 2.75) is 44.9 Å². The van der Waals surface area contributed by atoms with Gasteiger partial charge in [0, 0.05) is 25.9 Å². The van der Waals surface area contributed by atoms with E-state index in [-0.39, 0.29) is 12.3 Å². The second kappa shape index (κ2) is 8.57. The zero-order chi connectivity index (χ0) is 15.8. The van der Waals surface area contributed by atoms with Crippen LogP contribution in [-0.2, 0) is 16.0 Å². The van der Waals surface area contributed by atoms with Gasteiger partial charge in [0.15, 0.2) is 0 Å². The lowest BCUT2D eigenvalue weighted by Gasteiger charge is -2.32. The summed E-state index contributed by atoms with van der Waals surface area (Å²) in [4.78, 5) is 24.9. The summed E-state index contributed by atoms with van der Waals surface area (Å²) >= 11 is 0. The lowest BCUT2D eigenvalue weighted by Crippen LogP contribution is -2.40. The smallest absolute Gasteiger partial charge is 0.303 e. The molecule has 4 heteroatoms. The van der Waals surface area contributed by atoms with Crippen LogP contribution in [0.3, 0.4) is 0 Å². The summed E-state index contributed by atoms with van der Waals surface area (Å²) in [7, 11) is 0. The normalized spacial score (nSPS) is 18.2. The highest BCUT2D eigenvalue weighted by Gasteiger charge is 2.23. The van der Waals surface area contributed by atoms with Crippen LogP contribution in [0.5, 0.6) is 0 Å². The number of nitrogens with zero attached hydrogens (tertiary/aromatic N) is 1. The lowest BCUT2D eigenvalue weighted by atomic mass is 9.93. The summed E-state index contributed by atoms with van der Waals surface area (Å²) in [5.74, 6) is -0.176. The molecule has 0 unspecified atom stereocenters. The third kappa shape index (κ3) is 5.51. The number of piperidine rings is 1. The Morgan fingerprint density at radius 1 is 1.18 bits per heavy atom. The third-order valence-corrected chi connectivity index (χ3v) is 4.34. The molecular weight excluding hydrogens is 278 g/mol. The Morgan fingerprint density at radius 2 is 1.95 bits per heavy atom. The van der Waals surface area contributed by atoms with Gasteiger partial charge in [0.05, 0.1) is 0 Å².